The number of carbonyl (C=O) groups is 1. The second-order valence-electron chi connectivity index (χ2n) is 7.58. The third-order valence-corrected chi connectivity index (χ3v) is 6.52. The summed E-state index contributed by atoms with van der Waals surface area (Å²) >= 11 is 1.46. The van der Waals surface area contributed by atoms with Crippen LogP contribution in [0.3, 0.4) is 0 Å². The number of hydrogen-bond donors (Lipinski definition) is 2. The Balaban J connectivity index is 1.65. The number of hydrogen-bond acceptors (Lipinski definition) is 5. The molecule has 1 aromatic heterocycles. The average molecular weight is 422 g/mol. The van der Waals surface area contributed by atoms with E-state index in [1.165, 1.54) is 17.3 Å². The number of amides is 1. The summed E-state index contributed by atoms with van der Waals surface area (Å²) in [6.07, 6.45) is 2.81. The molecule has 0 saturated heterocycles. The zero-order valence-corrected chi connectivity index (χ0v) is 18.4. The van der Waals surface area contributed by atoms with E-state index in [2.05, 4.69) is 59.1 Å². The third kappa shape index (κ3) is 4.21. The Morgan fingerprint density at radius 1 is 1.10 bits per heavy atom. The number of fused-ring (bicyclic) bond motifs is 1. The molecule has 0 spiro atoms. The van der Waals surface area contributed by atoms with Crippen LogP contribution in [-0.2, 0) is 17.6 Å². The van der Waals surface area contributed by atoms with Gasteiger partial charge in [-0.05, 0) is 43.0 Å². The van der Waals surface area contributed by atoms with Gasteiger partial charge >= 0.3 is 0 Å². The lowest BCUT2D eigenvalue weighted by atomic mass is 10.0. The van der Waals surface area contributed by atoms with Gasteiger partial charge < -0.3 is 10.7 Å². The number of nitrogens with zero attached hydrogens (tertiary/aromatic N) is 3. The first-order valence-electron chi connectivity index (χ1n) is 10.4. The van der Waals surface area contributed by atoms with Crippen LogP contribution in [-0.4, -0.2) is 26.0 Å². The van der Waals surface area contributed by atoms with Crippen LogP contribution in [0.1, 0.15) is 48.8 Å². The molecule has 0 saturated carbocycles. The van der Waals surface area contributed by atoms with E-state index < -0.39 is 0 Å². The monoisotopic (exact) mass is 421 g/mol. The molecule has 2 aromatic carbocycles. The van der Waals surface area contributed by atoms with Crippen molar-refractivity contribution in [3.8, 4) is 0 Å². The number of rotatable bonds is 6. The van der Waals surface area contributed by atoms with Crippen LogP contribution in [0.15, 0.2) is 53.7 Å². The van der Waals surface area contributed by atoms with E-state index in [1.807, 2.05) is 35.9 Å². The van der Waals surface area contributed by atoms with Gasteiger partial charge in [0.25, 0.3) is 0 Å². The van der Waals surface area contributed by atoms with Crippen LogP contribution < -0.4 is 10.7 Å². The van der Waals surface area contributed by atoms with E-state index in [-0.39, 0.29) is 17.2 Å². The predicted molar refractivity (Wildman–Crippen MR) is 121 cm³/mol. The molecule has 1 amide bonds. The van der Waals surface area contributed by atoms with Crippen molar-refractivity contribution in [1.29, 1.82) is 0 Å². The number of aromatic nitrogens is 3. The minimum absolute atomic E-state index is 0.0489. The van der Waals surface area contributed by atoms with Crippen molar-refractivity contribution in [2.24, 2.45) is 0 Å². The summed E-state index contributed by atoms with van der Waals surface area (Å²) in [5.41, 5.74) is 7.83. The number of nitrogens with one attached hydrogen (secondary N) is 2. The molecule has 2 heterocycles. The Bertz CT molecular complexity index is 1010. The second-order valence-corrected chi connectivity index (χ2v) is 8.69. The van der Waals surface area contributed by atoms with Crippen LogP contribution in [0.4, 0.5) is 5.69 Å². The molecule has 2 atom stereocenters. The summed E-state index contributed by atoms with van der Waals surface area (Å²) in [6, 6.07) is 16.1. The van der Waals surface area contributed by atoms with E-state index in [0.29, 0.717) is 0 Å². The van der Waals surface area contributed by atoms with Crippen LogP contribution in [0.25, 0.3) is 0 Å². The van der Waals surface area contributed by atoms with Gasteiger partial charge in [0.05, 0.1) is 6.04 Å². The molecule has 0 fully saturated rings. The number of thioether (sulfide) groups is 1. The molecule has 7 heteroatoms. The van der Waals surface area contributed by atoms with Gasteiger partial charge in [-0.15, -0.1) is 10.2 Å². The number of carbonyl (C=O) groups excluding carboxylic acids is 1. The van der Waals surface area contributed by atoms with Gasteiger partial charge in [-0.3, -0.25) is 4.79 Å². The highest BCUT2D eigenvalue weighted by Crippen LogP contribution is 2.37. The highest BCUT2D eigenvalue weighted by molar-refractivity contribution is 8.00. The first kappa shape index (κ1) is 20.5. The summed E-state index contributed by atoms with van der Waals surface area (Å²) < 4.78 is 1.95. The summed E-state index contributed by atoms with van der Waals surface area (Å²) in [5, 5.41) is 12.1. The van der Waals surface area contributed by atoms with E-state index in [0.717, 1.165) is 47.1 Å². The maximum atomic E-state index is 13.3. The van der Waals surface area contributed by atoms with Gasteiger partial charge in [0.15, 0.2) is 5.82 Å². The molecule has 156 valence electrons. The van der Waals surface area contributed by atoms with Gasteiger partial charge in [-0.2, -0.15) is 0 Å². The smallest absolute Gasteiger partial charge is 0.240 e. The molecule has 1 aliphatic heterocycles. The quantitative estimate of drug-likeness (QED) is 0.613. The van der Waals surface area contributed by atoms with Crippen LogP contribution in [0.2, 0.25) is 0 Å². The predicted octanol–water partition coefficient (Wildman–Crippen LogP) is 4.50. The van der Waals surface area contributed by atoms with Crippen molar-refractivity contribution in [2.75, 3.05) is 10.7 Å². The Morgan fingerprint density at radius 3 is 2.50 bits per heavy atom. The lowest BCUT2D eigenvalue weighted by molar-refractivity contribution is -0.116. The summed E-state index contributed by atoms with van der Waals surface area (Å²) in [7, 11) is 0. The van der Waals surface area contributed by atoms with E-state index in [9.17, 15) is 4.79 Å². The largest absolute Gasteiger partial charge is 0.325 e. The summed E-state index contributed by atoms with van der Waals surface area (Å²) in [6.45, 7) is 6.29. The molecular weight excluding hydrogens is 394 g/mol. The second kappa shape index (κ2) is 8.92. The molecule has 2 N–H and O–H groups in total. The number of benzene rings is 2. The zero-order chi connectivity index (χ0) is 21.1. The van der Waals surface area contributed by atoms with Crippen molar-refractivity contribution in [2.45, 2.75) is 56.5 Å². The van der Waals surface area contributed by atoms with Crippen molar-refractivity contribution in [3.63, 3.8) is 0 Å². The first-order chi connectivity index (χ1) is 14.6. The molecule has 1 aliphatic rings. The first-order valence-corrected chi connectivity index (χ1v) is 11.3. The fraction of sp³-hybridized carbons (Fsp3) is 0.348. The maximum Gasteiger partial charge on any atom is 0.240 e. The lowest BCUT2D eigenvalue weighted by Crippen LogP contribution is -2.41. The molecule has 0 bridgehead atoms. The van der Waals surface area contributed by atoms with Gasteiger partial charge in [-0.1, -0.05) is 67.6 Å². The number of anilines is 1. The molecule has 6 nitrogen and oxygen atoms in total. The SMILES string of the molecule is CCCc1nnc2n1NC(c1ccc(CC)cc1)C(C(=O)Nc1ccc(C)cc1)S2. The van der Waals surface area contributed by atoms with Gasteiger partial charge in [0.2, 0.25) is 11.1 Å². The average Bonchev–Trinajstić information content (AvgIpc) is 3.16. The third-order valence-electron chi connectivity index (χ3n) is 5.30. The van der Waals surface area contributed by atoms with Crippen LogP contribution >= 0.6 is 11.8 Å². The fourth-order valence-corrected chi connectivity index (χ4v) is 4.64. The van der Waals surface area contributed by atoms with Crippen LogP contribution in [0.5, 0.6) is 0 Å². The molecule has 4 rings (SSSR count). The molecule has 0 radical (unpaired) electrons. The van der Waals surface area contributed by atoms with E-state index in [4.69, 9.17) is 0 Å². The van der Waals surface area contributed by atoms with Gasteiger partial charge in [0.1, 0.15) is 5.25 Å². The van der Waals surface area contributed by atoms with Gasteiger partial charge in [0, 0.05) is 12.1 Å². The molecular formula is C23H27N5OS. The highest BCUT2D eigenvalue weighted by Gasteiger charge is 2.37. The van der Waals surface area contributed by atoms with Crippen molar-refractivity contribution < 1.29 is 4.79 Å². The Labute approximate surface area is 181 Å². The maximum absolute atomic E-state index is 13.3. The summed E-state index contributed by atoms with van der Waals surface area (Å²) in [5.74, 6) is 0.847. The fourth-order valence-electron chi connectivity index (χ4n) is 3.55. The van der Waals surface area contributed by atoms with Crippen molar-refractivity contribution in [1.82, 2.24) is 14.9 Å². The zero-order valence-electron chi connectivity index (χ0n) is 17.6. The summed E-state index contributed by atoms with van der Waals surface area (Å²) in [4.78, 5) is 13.3. The van der Waals surface area contributed by atoms with E-state index in [1.54, 1.807) is 0 Å². The lowest BCUT2D eigenvalue weighted by Gasteiger charge is -2.33. The van der Waals surface area contributed by atoms with Crippen molar-refractivity contribution in [3.05, 3.63) is 71.0 Å². The highest BCUT2D eigenvalue weighted by atomic mass is 32.2. The molecule has 0 aliphatic carbocycles. The van der Waals surface area contributed by atoms with Crippen LogP contribution in [0, 0.1) is 6.92 Å². The minimum atomic E-state index is -0.370. The molecule has 3 aromatic rings. The topological polar surface area (TPSA) is 71.8 Å². The minimum Gasteiger partial charge on any atom is -0.325 e. The standard InChI is InChI=1S/C23H27N5OS/c1-4-6-19-25-26-23-28(19)27-20(17-11-9-16(5-2)10-12-17)21(30-23)22(29)24-18-13-7-15(3)8-14-18/h7-14,20-21,27H,4-6H2,1-3H3,(H,24,29). The van der Waals surface area contributed by atoms with E-state index >= 15 is 0 Å². The Kier molecular flexibility index (Phi) is 6.08. The normalized spacial score (nSPS) is 17.8. The van der Waals surface area contributed by atoms with Gasteiger partial charge in [-0.25, -0.2) is 4.68 Å². The Morgan fingerprint density at radius 2 is 1.83 bits per heavy atom. The molecule has 30 heavy (non-hydrogen) atoms. The van der Waals surface area contributed by atoms with Crippen molar-refractivity contribution >= 4 is 23.4 Å². The Hall–Kier alpha value is -2.80. The number of aryl methyl sites for hydroxylation is 3. The molecule has 2 unspecified atom stereocenters.